The molecule has 0 spiro atoms. The van der Waals surface area contributed by atoms with Gasteiger partial charge in [0.05, 0.1) is 18.2 Å². The van der Waals surface area contributed by atoms with Gasteiger partial charge in [-0.05, 0) is 29.5 Å². The van der Waals surface area contributed by atoms with Gasteiger partial charge < -0.3 is 9.30 Å². The van der Waals surface area contributed by atoms with Gasteiger partial charge in [0.1, 0.15) is 5.75 Å². The van der Waals surface area contributed by atoms with Gasteiger partial charge in [-0.3, -0.25) is 4.79 Å². The standard InChI is InChI=1S/C20H25F3N2O2S/c1-12(2)10-25-11-16(19(3,4)5)28-18(25)24-17(26)14-9-13(20(21,22)23)7-8-15(14)27-6/h7-9,11-12H,10H2,1-6H3/b24-18-. The second-order valence-corrected chi connectivity index (χ2v) is 9.01. The molecule has 0 unspecified atom stereocenters. The van der Waals surface area contributed by atoms with Gasteiger partial charge in [-0.25, -0.2) is 0 Å². The maximum Gasteiger partial charge on any atom is 0.416 e. The highest BCUT2D eigenvalue weighted by Crippen LogP contribution is 2.33. The molecule has 0 radical (unpaired) electrons. The molecule has 0 aliphatic heterocycles. The van der Waals surface area contributed by atoms with Crippen molar-refractivity contribution in [1.29, 1.82) is 0 Å². The number of aromatic nitrogens is 1. The molecule has 8 heteroatoms. The fraction of sp³-hybridized carbons (Fsp3) is 0.500. The molecule has 0 saturated carbocycles. The van der Waals surface area contributed by atoms with E-state index in [0.29, 0.717) is 17.3 Å². The Balaban J connectivity index is 2.59. The summed E-state index contributed by atoms with van der Waals surface area (Å²) in [5.74, 6) is -0.382. The average molecular weight is 414 g/mol. The lowest BCUT2D eigenvalue weighted by atomic mass is 9.95. The van der Waals surface area contributed by atoms with E-state index in [1.54, 1.807) is 0 Å². The van der Waals surface area contributed by atoms with Crippen LogP contribution in [0.15, 0.2) is 29.4 Å². The number of amides is 1. The second kappa shape index (κ2) is 8.11. The number of hydrogen-bond donors (Lipinski definition) is 0. The van der Waals surface area contributed by atoms with E-state index in [2.05, 4.69) is 25.8 Å². The molecule has 1 aromatic heterocycles. The maximum absolute atomic E-state index is 13.1. The Bertz CT molecular complexity index is 919. The molecule has 0 bridgehead atoms. The number of hydrogen-bond acceptors (Lipinski definition) is 3. The van der Waals surface area contributed by atoms with Crippen LogP contribution in [0.4, 0.5) is 13.2 Å². The quantitative estimate of drug-likeness (QED) is 0.684. The van der Waals surface area contributed by atoms with Crippen LogP contribution in [0.5, 0.6) is 5.75 Å². The van der Waals surface area contributed by atoms with Crippen LogP contribution in [0.3, 0.4) is 0 Å². The van der Waals surface area contributed by atoms with Gasteiger partial charge in [-0.15, -0.1) is 11.3 Å². The van der Waals surface area contributed by atoms with Crippen molar-refractivity contribution < 1.29 is 22.7 Å². The van der Waals surface area contributed by atoms with E-state index in [0.717, 1.165) is 23.1 Å². The molecule has 0 saturated heterocycles. The molecule has 0 atom stereocenters. The third-order valence-electron chi connectivity index (χ3n) is 3.98. The van der Waals surface area contributed by atoms with Gasteiger partial charge in [-0.2, -0.15) is 18.2 Å². The van der Waals surface area contributed by atoms with E-state index in [4.69, 9.17) is 4.74 Å². The molecule has 2 rings (SSSR count). The molecule has 1 amide bonds. The molecule has 2 aromatic rings. The van der Waals surface area contributed by atoms with Crippen molar-refractivity contribution in [2.45, 2.75) is 52.8 Å². The summed E-state index contributed by atoms with van der Waals surface area (Å²) in [6, 6.07) is 2.82. The lowest BCUT2D eigenvalue weighted by Crippen LogP contribution is -2.19. The summed E-state index contributed by atoms with van der Waals surface area (Å²) in [4.78, 5) is 18.4. The van der Waals surface area contributed by atoms with Crippen molar-refractivity contribution in [3.63, 3.8) is 0 Å². The highest BCUT2D eigenvalue weighted by atomic mass is 32.1. The predicted octanol–water partition coefficient (Wildman–Crippen LogP) is 5.27. The molecule has 0 fully saturated rings. The Labute approximate surface area is 166 Å². The maximum atomic E-state index is 13.1. The van der Waals surface area contributed by atoms with E-state index in [1.165, 1.54) is 18.4 Å². The minimum atomic E-state index is -4.55. The first-order valence-electron chi connectivity index (χ1n) is 8.88. The first-order chi connectivity index (χ1) is 12.8. The van der Waals surface area contributed by atoms with E-state index >= 15 is 0 Å². The largest absolute Gasteiger partial charge is 0.496 e. The number of carbonyl (C=O) groups excluding carboxylic acids is 1. The molecule has 1 aromatic carbocycles. The number of alkyl halides is 3. The minimum Gasteiger partial charge on any atom is -0.496 e. The number of carbonyl (C=O) groups is 1. The number of ether oxygens (including phenoxy) is 1. The van der Waals surface area contributed by atoms with Crippen molar-refractivity contribution >= 4 is 17.2 Å². The summed E-state index contributed by atoms with van der Waals surface area (Å²) in [6.45, 7) is 10.9. The minimum absolute atomic E-state index is 0.0600. The molecular weight excluding hydrogens is 389 g/mol. The summed E-state index contributed by atoms with van der Waals surface area (Å²) in [6.07, 6.45) is -2.60. The number of benzene rings is 1. The van der Waals surface area contributed by atoms with E-state index in [-0.39, 0.29) is 16.7 Å². The van der Waals surface area contributed by atoms with Crippen molar-refractivity contribution in [2.24, 2.45) is 10.9 Å². The summed E-state index contributed by atoms with van der Waals surface area (Å²) in [7, 11) is 1.31. The number of methoxy groups -OCH3 is 1. The topological polar surface area (TPSA) is 43.6 Å². The number of nitrogens with zero attached hydrogens (tertiary/aromatic N) is 2. The monoisotopic (exact) mass is 414 g/mol. The summed E-state index contributed by atoms with van der Waals surface area (Å²) >= 11 is 1.37. The molecule has 0 aliphatic carbocycles. The average Bonchev–Trinajstić information content (AvgIpc) is 2.95. The van der Waals surface area contributed by atoms with E-state index < -0.39 is 17.6 Å². The number of rotatable bonds is 4. The molecular formula is C20H25F3N2O2S. The number of thiazole rings is 1. The zero-order valence-corrected chi connectivity index (χ0v) is 17.7. The highest BCUT2D eigenvalue weighted by Gasteiger charge is 2.32. The lowest BCUT2D eigenvalue weighted by Gasteiger charge is -2.14. The second-order valence-electron chi connectivity index (χ2n) is 8.00. The van der Waals surface area contributed by atoms with Gasteiger partial charge in [0, 0.05) is 17.6 Å². The Morgan fingerprint density at radius 2 is 1.89 bits per heavy atom. The third kappa shape index (κ3) is 5.25. The van der Waals surface area contributed by atoms with E-state index in [9.17, 15) is 18.0 Å². The van der Waals surface area contributed by atoms with Gasteiger partial charge in [-0.1, -0.05) is 34.6 Å². The summed E-state index contributed by atoms with van der Waals surface area (Å²) in [5.41, 5.74) is -1.25. The van der Waals surface area contributed by atoms with Gasteiger partial charge in [0.2, 0.25) is 0 Å². The van der Waals surface area contributed by atoms with Gasteiger partial charge in [0.25, 0.3) is 5.91 Å². The Hall–Kier alpha value is -2.09. The van der Waals surface area contributed by atoms with Crippen LogP contribution in [0.1, 0.15) is 55.4 Å². The first kappa shape index (κ1) is 22.2. The molecule has 154 valence electrons. The molecule has 0 aliphatic rings. The molecule has 4 nitrogen and oxygen atoms in total. The normalized spacial score (nSPS) is 13.3. The van der Waals surface area contributed by atoms with Crippen molar-refractivity contribution in [2.75, 3.05) is 7.11 Å². The van der Waals surface area contributed by atoms with Gasteiger partial charge in [0.15, 0.2) is 4.80 Å². The number of halogens is 3. The summed E-state index contributed by atoms with van der Waals surface area (Å²) < 4.78 is 46.1. The lowest BCUT2D eigenvalue weighted by molar-refractivity contribution is -0.137. The van der Waals surface area contributed by atoms with Crippen LogP contribution < -0.4 is 9.54 Å². The van der Waals surface area contributed by atoms with Crippen LogP contribution in [0.25, 0.3) is 0 Å². The van der Waals surface area contributed by atoms with E-state index in [1.807, 2.05) is 24.6 Å². The zero-order chi connectivity index (χ0) is 21.3. The van der Waals surface area contributed by atoms with Crippen LogP contribution in [-0.4, -0.2) is 17.6 Å². The van der Waals surface area contributed by atoms with Crippen LogP contribution in [0.2, 0.25) is 0 Å². The zero-order valence-electron chi connectivity index (χ0n) is 16.8. The molecule has 28 heavy (non-hydrogen) atoms. The molecule has 1 heterocycles. The van der Waals surface area contributed by atoms with Crippen LogP contribution in [0, 0.1) is 5.92 Å². The highest BCUT2D eigenvalue weighted by molar-refractivity contribution is 7.09. The van der Waals surface area contributed by atoms with Crippen molar-refractivity contribution in [1.82, 2.24) is 4.57 Å². The summed E-state index contributed by atoms with van der Waals surface area (Å²) in [5, 5.41) is 0. The predicted molar refractivity (Wildman–Crippen MR) is 104 cm³/mol. The Morgan fingerprint density at radius 1 is 1.25 bits per heavy atom. The van der Waals surface area contributed by atoms with Crippen LogP contribution in [-0.2, 0) is 18.1 Å². The third-order valence-corrected chi connectivity index (χ3v) is 5.42. The Kier molecular flexibility index (Phi) is 6.43. The van der Waals surface area contributed by atoms with Crippen LogP contribution >= 0.6 is 11.3 Å². The fourth-order valence-corrected chi connectivity index (χ4v) is 3.59. The SMILES string of the molecule is COc1ccc(C(F)(F)F)cc1C(=O)/N=c1\sc(C(C)(C)C)cn1CC(C)C. The van der Waals surface area contributed by atoms with Gasteiger partial charge >= 0.3 is 6.18 Å². The van der Waals surface area contributed by atoms with Crippen molar-refractivity contribution in [3.8, 4) is 5.75 Å². The first-order valence-corrected chi connectivity index (χ1v) is 9.69. The fourth-order valence-electron chi connectivity index (χ4n) is 2.54. The smallest absolute Gasteiger partial charge is 0.416 e. The molecule has 0 N–H and O–H groups in total. The Morgan fingerprint density at radius 3 is 2.39 bits per heavy atom. The van der Waals surface area contributed by atoms with Crippen molar-refractivity contribution in [3.05, 3.63) is 45.2 Å².